The fraction of sp³-hybridized carbons (Fsp3) is 0.500. The first-order valence-electron chi connectivity index (χ1n) is 5.72. The Hall–Kier alpha value is -1.09. The van der Waals surface area contributed by atoms with Crippen LogP contribution < -0.4 is 5.32 Å². The minimum atomic E-state index is 0.460. The van der Waals surface area contributed by atoms with E-state index in [0.717, 1.165) is 37.1 Å². The maximum absolute atomic E-state index is 6.09. The molecule has 4 heteroatoms. The highest BCUT2D eigenvalue weighted by Crippen LogP contribution is 2.24. The summed E-state index contributed by atoms with van der Waals surface area (Å²) in [5.74, 6) is 0.899. The summed E-state index contributed by atoms with van der Waals surface area (Å²) in [6, 6.07) is 0.460. The van der Waals surface area contributed by atoms with Crippen LogP contribution in [0.1, 0.15) is 31.7 Å². The van der Waals surface area contributed by atoms with Crippen molar-refractivity contribution in [3.8, 4) is 0 Å². The molecule has 0 aliphatic heterocycles. The molecule has 1 N–H and O–H groups in total. The second-order valence-corrected chi connectivity index (χ2v) is 4.38. The SMILES string of the molecule is CCCc1c(Cl)ncnc1NC1CC=CC1. The minimum Gasteiger partial charge on any atom is -0.366 e. The standard InChI is InChI=1S/C12H16ClN3/c1-2-5-10-11(13)14-8-15-12(10)16-9-6-3-4-7-9/h3-4,8-9H,2,5-7H2,1H3,(H,14,15,16). The zero-order valence-electron chi connectivity index (χ0n) is 9.41. The lowest BCUT2D eigenvalue weighted by atomic mass is 10.1. The molecule has 0 spiro atoms. The number of hydrogen-bond donors (Lipinski definition) is 1. The fourth-order valence-electron chi connectivity index (χ4n) is 1.92. The zero-order chi connectivity index (χ0) is 11.4. The summed E-state index contributed by atoms with van der Waals surface area (Å²) in [5, 5.41) is 4.01. The number of nitrogens with one attached hydrogen (secondary N) is 1. The average molecular weight is 238 g/mol. The summed E-state index contributed by atoms with van der Waals surface area (Å²) in [6.45, 7) is 2.13. The molecule has 86 valence electrons. The number of aromatic nitrogens is 2. The largest absolute Gasteiger partial charge is 0.366 e. The Bertz CT molecular complexity index is 382. The van der Waals surface area contributed by atoms with E-state index in [4.69, 9.17) is 11.6 Å². The highest BCUT2D eigenvalue weighted by atomic mass is 35.5. The van der Waals surface area contributed by atoms with Gasteiger partial charge in [-0.2, -0.15) is 0 Å². The van der Waals surface area contributed by atoms with Crippen LogP contribution in [0.4, 0.5) is 5.82 Å². The molecular formula is C12H16ClN3. The van der Waals surface area contributed by atoms with E-state index >= 15 is 0 Å². The van der Waals surface area contributed by atoms with Crippen LogP contribution in [0.25, 0.3) is 0 Å². The highest BCUT2D eigenvalue weighted by molar-refractivity contribution is 6.30. The molecule has 1 aromatic rings. The van der Waals surface area contributed by atoms with Gasteiger partial charge in [0.25, 0.3) is 0 Å². The first kappa shape index (κ1) is 11.4. The van der Waals surface area contributed by atoms with E-state index in [1.54, 1.807) is 0 Å². The Morgan fingerprint density at radius 2 is 2.12 bits per heavy atom. The lowest BCUT2D eigenvalue weighted by molar-refractivity contribution is 0.772. The Morgan fingerprint density at radius 3 is 2.81 bits per heavy atom. The predicted molar refractivity (Wildman–Crippen MR) is 66.8 cm³/mol. The van der Waals surface area contributed by atoms with Crippen LogP contribution in [-0.2, 0) is 6.42 Å². The second kappa shape index (κ2) is 5.30. The van der Waals surface area contributed by atoms with E-state index in [9.17, 15) is 0 Å². The minimum absolute atomic E-state index is 0.460. The molecule has 0 bridgehead atoms. The molecule has 16 heavy (non-hydrogen) atoms. The van der Waals surface area contributed by atoms with Crippen LogP contribution in [-0.4, -0.2) is 16.0 Å². The molecule has 0 amide bonds. The van der Waals surface area contributed by atoms with Gasteiger partial charge in [-0.05, 0) is 19.3 Å². The quantitative estimate of drug-likeness (QED) is 0.646. The molecule has 1 heterocycles. The van der Waals surface area contributed by atoms with Gasteiger partial charge in [0.05, 0.1) is 0 Å². The number of hydrogen-bond acceptors (Lipinski definition) is 3. The maximum Gasteiger partial charge on any atom is 0.137 e. The Labute approximate surface area is 101 Å². The summed E-state index contributed by atoms with van der Waals surface area (Å²) in [5.41, 5.74) is 1.04. The van der Waals surface area contributed by atoms with Crippen molar-refractivity contribution in [1.82, 2.24) is 9.97 Å². The normalized spacial score (nSPS) is 15.6. The van der Waals surface area contributed by atoms with Crippen molar-refractivity contribution < 1.29 is 0 Å². The molecule has 3 nitrogen and oxygen atoms in total. The van der Waals surface area contributed by atoms with Crippen LogP contribution in [0.3, 0.4) is 0 Å². The average Bonchev–Trinajstić information content (AvgIpc) is 2.76. The van der Waals surface area contributed by atoms with Crippen molar-refractivity contribution in [2.24, 2.45) is 0 Å². The van der Waals surface area contributed by atoms with Crippen molar-refractivity contribution in [3.05, 3.63) is 29.2 Å². The molecule has 0 saturated heterocycles. The monoisotopic (exact) mass is 237 g/mol. The molecule has 0 radical (unpaired) electrons. The van der Waals surface area contributed by atoms with Crippen LogP contribution in [0.5, 0.6) is 0 Å². The van der Waals surface area contributed by atoms with Gasteiger partial charge in [-0.1, -0.05) is 37.1 Å². The van der Waals surface area contributed by atoms with Crippen LogP contribution in [0, 0.1) is 0 Å². The third-order valence-electron chi connectivity index (χ3n) is 2.74. The van der Waals surface area contributed by atoms with Crippen LogP contribution in [0.15, 0.2) is 18.5 Å². The molecule has 1 aliphatic carbocycles. The van der Waals surface area contributed by atoms with Crippen molar-refractivity contribution in [2.75, 3.05) is 5.32 Å². The molecule has 0 unspecified atom stereocenters. The van der Waals surface area contributed by atoms with Gasteiger partial charge in [-0.25, -0.2) is 9.97 Å². The topological polar surface area (TPSA) is 37.8 Å². The zero-order valence-corrected chi connectivity index (χ0v) is 10.2. The van der Waals surface area contributed by atoms with E-state index in [1.165, 1.54) is 6.33 Å². The third kappa shape index (κ3) is 2.53. The first-order chi connectivity index (χ1) is 7.81. The number of anilines is 1. The van der Waals surface area contributed by atoms with Gasteiger partial charge >= 0.3 is 0 Å². The number of halogens is 1. The lowest BCUT2D eigenvalue weighted by Gasteiger charge is -2.16. The summed E-state index contributed by atoms with van der Waals surface area (Å²) in [7, 11) is 0. The van der Waals surface area contributed by atoms with Gasteiger partial charge in [-0.3, -0.25) is 0 Å². The molecule has 1 aliphatic rings. The van der Waals surface area contributed by atoms with Gasteiger partial charge in [-0.15, -0.1) is 0 Å². The molecular weight excluding hydrogens is 222 g/mol. The maximum atomic E-state index is 6.09. The van der Waals surface area contributed by atoms with Gasteiger partial charge in [0, 0.05) is 11.6 Å². The Morgan fingerprint density at radius 1 is 1.38 bits per heavy atom. The van der Waals surface area contributed by atoms with E-state index in [2.05, 4.69) is 34.4 Å². The van der Waals surface area contributed by atoms with Crippen molar-refractivity contribution in [2.45, 2.75) is 38.6 Å². The van der Waals surface area contributed by atoms with Gasteiger partial charge in [0.1, 0.15) is 17.3 Å². The van der Waals surface area contributed by atoms with E-state index < -0.39 is 0 Å². The molecule has 0 atom stereocenters. The third-order valence-corrected chi connectivity index (χ3v) is 3.07. The van der Waals surface area contributed by atoms with Gasteiger partial charge < -0.3 is 5.32 Å². The molecule has 0 aromatic carbocycles. The van der Waals surface area contributed by atoms with Gasteiger partial charge in [0.15, 0.2) is 0 Å². The first-order valence-corrected chi connectivity index (χ1v) is 6.10. The van der Waals surface area contributed by atoms with Crippen molar-refractivity contribution in [1.29, 1.82) is 0 Å². The van der Waals surface area contributed by atoms with E-state index in [-0.39, 0.29) is 0 Å². The van der Waals surface area contributed by atoms with Crippen molar-refractivity contribution >= 4 is 17.4 Å². The molecule has 0 saturated carbocycles. The lowest BCUT2D eigenvalue weighted by Crippen LogP contribution is -2.17. The predicted octanol–water partition coefficient (Wildman–Crippen LogP) is 3.21. The molecule has 2 rings (SSSR count). The summed E-state index contributed by atoms with van der Waals surface area (Å²) in [6.07, 6.45) is 10.00. The summed E-state index contributed by atoms with van der Waals surface area (Å²) >= 11 is 6.09. The van der Waals surface area contributed by atoms with Crippen LogP contribution >= 0.6 is 11.6 Å². The fourth-order valence-corrected chi connectivity index (χ4v) is 2.14. The Balaban J connectivity index is 2.15. The summed E-state index contributed by atoms with van der Waals surface area (Å²) < 4.78 is 0. The van der Waals surface area contributed by atoms with E-state index in [0.29, 0.717) is 11.2 Å². The van der Waals surface area contributed by atoms with E-state index in [1.807, 2.05) is 0 Å². The molecule has 0 fully saturated rings. The highest BCUT2D eigenvalue weighted by Gasteiger charge is 2.14. The van der Waals surface area contributed by atoms with Gasteiger partial charge in [0.2, 0.25) is 0 Å². The van der Waals surface area contributed by atoms with Crippen LogP contribution in [0.2, 0.25) is 5.15 Å². The smallest absolute Gasteiger partial charge is 0.137 e. The second-order valence-electron chi connectivity index (χ2n) is 4.03. The number of nitrogens with zero attached hydrogens (tertiary/aromatic N) is 2. The molecule has 1 aromatic heterocycles. The Kier molecular flexibility index (Phi) is 3.78. The van der Waals surface area contributed by atoms with Crippen molar-refractivity contribution in [3.63, 3.8) is 0 Å². The summed E-state index contributed by atoms with van der Waals surface area (Å²) in [4.78, 5) is 8.32. The number of rotatable bonds is 4.